The summed E-state index contributed by atoms with van der Waals surface area (Å²) in [4.78, 5) is 38.9. The molecular weight excluding hydrogens is 618 g/mol. The molecule has 0 aliphatic carbocycles. The van der Waals surface area contributed by atoms with Gasteiger partial charge in [-0.1, -0.05) is 0 Å². The number of aliphatic carboxylic acids is 2. The third-order valence-electron chi connectivity index (χ3n) is 6.41. The number of piperidine rings is 1. The predicted molar refractivity (Wildman–Crippen MR) is 148 cm³/mol. The molecule has 0 aromatic carbocycles. The molecule has 10 nitrogen and oxygen atoms in total. The molecule has 44 heavy (non-hydrogen) atoms. The number of pyridine rings is 2. The molecule has 5 rings (SSSR count). The van der Waals surface area contributed by atoms with E-state index in [0.29, 0.717) is 12.0 Å². The number of hydrogen-bond donors (Lipinski definition) is 2. The van der Waals surface area contributed by atoms with Crippen molar-refractivity contribution in [3.8, 4) is 11.3 Å². The van der Waals surface area contributed by atoms with E-state index in [4.69, 9.17) is 29.8 Å². The summed E-state index contributed by atoms with van der Waals surface area (Å²) in [6.45, 7) is 7.51. The Bertz CT molecular complexity index is 1500. The lowest BCUT2D eigenvalue weighted by Crippen LogP contribution is -2.32. The highest BCUT2D eigenvalue weighted by Crippen LogP contribution is 2.34. The molecule has 0 saturated carbocycles. The lowest BCUT2D eigenvalue weighted by Gasteiger charge is -2.31. The van der Waals surface area contributed by atoms with Gasteiger partial charge in [-0.25, -0.2) is 19.6 Å². The van der Waals surface area contributed by atoms with E-state index in [1.54, 1.807) is 17.5 Å². The summed E-state index contributed by atoms with van der Waals surface area (Å²) >= 11 is 1.74. The van der Waals surface area contributed by atoms with Gasteiger partial charge in [-0.2, -0.15) is 26.3 Å². The van der Waals surface area contributed by atoms with Crippen molar-refractivity contribution in [3.05, 3.63) is 59.2 Å². The Balaban J connectivity index is 0.000000317. The average Bonchev–Trinajstić information content (AvgIpc) is 3.63. The van der Waals surface area contributed by atoms with Crippen LogP contribution in [0.15, 0.2) is 48.5 Å². The van der Waals surface area contributed by atoms with Gasteiger partial charge in [-0.3, -0.25) is 14.9 Å². The van der Waals surface area contributed by atoms with Crippen LogP contribution in [0.5, 0.6) is 0 Å². The maximum atomic E-state index is 10.6. The SMILES string of the molecule is CC(C)n1cnc2c(-c3cccnc3)nc(C3CCN(Cc4nccs4)CC3)cc21.O=C(O)C(F)(F)F.O=C(O)C(F)(F)F. The molecule has 4 aromatic rings. The van der Waals surface area contributed by atoms with Gasteiger partial charge >= 0.3 is 24.3 Å². The highest BCUT2D eigenvalue weighted by atomic mass is 32.1. The number of hydrogen-bond acceptors (Lipinski definition) is 8. The molecule has 17 heteroatoms. The van der Waals surface area contributed by atoms with Crippen LogP contribution in [-0.4, -0.2) is 77.0 Å². The molecule has 0 atom stereocenters. The van der Waals surface area contributed by atoms with Crippen LogP contribution in [0.4, 0.5) is 26.3 Å². The van der Waals surface area contributed by atoms with E-state index in [0.717, 1.165) is 49.2 Å². The van der Waals surface area contributed by atoms with Crippen molar-refractivity contribution in [3.63, 3.8) is 0 Å². The lowest BCUT2D eigenvalue weighted by atomic mass is 9.92. The number of carboxylic acids is 2. The van der Waals surface area contributed by atoms with Gasteiger partial charge in [0.1, 0.15) is 10.5 Å². The number of rotatable bonds is 5. The number of thiazole rings is 1. The summed E-state index contributed by atoms with van der Waals surface area (Å²) in [5.41, 5.74) is 5.28. The highest BCUT2D eigenvalue weighted by molar-refractivity contribution is 7.09. The van der Waals surface area contributed by atoms with Crippen molar-refractivity contribution in [2.45, 2.75) is 57.5 Å². The third-order valence-corrected chi connectivity index (χ3v) is 7.17. The molecule has 0 unspecified atom stereocenters. The van der Waals surface area contributed by atoms with Crippen LogP contribution < -0.4 is 0 Å². The molecule has 0 spiro atoms. The maximum absolute atomic E-state index is 10.6. The van der Waals surface area contributed by atoms with E-state index in [2.05, 4.69) is 50.8 Å². The molecule has 1 aliphatic heterocycles. The quantitative estimate of drug-likeness (QED) is 0.244. The summed E-state index contributed by atoms with van der Waals surface area (Å²) in [6, 6.07) is 6.66. The Hall–Kier alpha value is -4.12. The second-order valence-electron chi connectivity index (χ2n) is 9.83. The first kappa shape index (κ1) is 34.4. The summed E-state index contributed by atoms with van der Waals surface area (Å²) in [5, 5.41) is 17.5. The predicted octanol–water partition coefficient (Wildman–Crippen LogP) is 6.18. The smallest absolute Gasteiger partial charge is 0.475 e. The van der Waals surface area contributed by atoms with Gasteiger partial charge in [0.25, 0.3) is 0 Å². The lowest BCUT2D eigenvalue weighted by molar-refractivity contribution is -0.193. The van der Waals surface area contributed by atoms with Crippen LogP contribution >= 0.6 is 11.3 Å². The minimum atomic E-state index is -5.08. The zero-order valence-corrected chi connectivity index (χ0v) is 24.2. The number of likely N-dealkylation sites (tertiary alicyclic amines) is 1. The van der Waals surface area contributed by atoms with Crippen LogP contribution in [0.25, 0.3) is 22.3 Å². The average molecular weight is 647 g/mol. The molecule has 0 radical (unpaired) electrons. The number of carboxylic acid groups (broad SMARTS) is 2. The summed E-state index contributed by atoms with van der Waals surface area (Å²) in [5.74, 6) is -5.05. The van der Waals surface area contributed by atoms with E-state index in [9.17, 15) is 26.3 Å². The first-order valence-corrected chi connectivity index (χ1v) is 13.9. The van der Waals surface area contributed by atoms with Crippen LogP contribution in [-0.2, 0) is 16.1 Å². The van der Waals surface area contributed by atoms with Gasteiger partial charge in [-0.15, -0.1) is 11.3 Å². The number of alkyl halides is 6. The van der Waals surface area contributed by atoms with E-state index in [1.807, 2.05) is 24.8 Å². The minimum Gasteiger partial charge on any atom is -0.475 e. The molecule has 0 bridgehead atoms. The van der Waals surface area contributed by atoms with Gasteiger partial charge in [0.05, 0.1) is 24.1 Å². The largest absolute Gasteiger partial charge is 0.490 e. The van der Waals surface area contributed by atoms with Gasteiger partial charge in [-0.05, 0) is 58.0 Å². The number of fused-ring (bicyclic) bond motifs is 1. The fraction of sp³-hybridized carbons (Fsp3) is 0.407. The topological polar surface area (TPSA) is 134 Å². The first-order chi connectivity index (χ1) is 20.6. The Morgan fingerprint density at radius 2 is 1.64 bits per heavy atom. The molecule has 1 saturated heterocycles. The number of nitrogens with zero attached hydrogens (tertiary/aromatic N) is 6. The highest BCUT2D eigenvalue weighted by Gasteiger charge is 2.39. The van der Waals surface area contributed by atoms with Crippen molar-refractivity contribution in [2.75, 3.05) is 13.1 Å². The first-order valence-electron chi connectivity index (χ1n) is 13.1. The van der Waals surface area contributed by atoms with Crippen molar-refractivity contribution in [1.82, 2.24) is 29.4 Å². The minimum absolute atomic E-state index is 0.354. The zero-order chi connectivity index (χ0) is 32.7. The third kappa shape index (κ3) is 9.44. The summed E-state index contributed by atoms with van der Waals surface area (Å²) in [7, 11) is 0. The van der Waals surface area contributed by atoms with E-state index < -0.39 is 24.3 Å². The van der Waals surface area contributed by atoms with Gasteiger partial charge < -0.3 is 14.8 Å². The Morgan fingerprint density at radius 3 is 2.11 bits per heavy atom. The molecule has 4 aromatic heterocycles. The summed E-state index contributed by atoms with van der Waals surface area (Å²) < 4.78 is 65.7. The Morgan fingerprint density at radius 1 is 1.02 bits per heavy atom. The molecule has 0 amide bonds. The van der Waals surface area contributed by atoms with Crippen LogP contribution in [0, 0.1) is 0 Å². The Kier molecular flexibility index (Phi) is 11.4. The standard InChI is InChI=1S/C23H26N6S.2C2HF3O2/c1-16(2)29-15-26-23-20(29)12-19(27-22(23)18-4-3-7-24-13-18)17-5-9-28(10-6-17)14-21-25-8-11-30-21;2*3-2(4,5)1(6)7/h3-4,7-8,11-13,15-17H,5-6,9-10,14H2,1-2H3;2*(H,6,7). The van der Waals surface area contributed by atoms with E-state index in [-0.39, 0.29) is 0 Å². The monoisotopic (exact) mass is 646 g/mol. The van der Waals surface area contributed by atoms with Crippen LogP contribution in [0.2, 0.25) is 0 Å². The van der Waals surface area contributed by atoms with Crippen LogP contribution in [0.1, 0.15) is 49.4 Å². The Labute approximate surface area is 251 Å². The second-order valence-corrected chi connectivity index (χ2v) is 10.8. The fourth-order valence-electron chi connectivity index (χ4n) is 4.28. The fourth-order valence-corrected chi connectivity index (χ4v) is 4.94. The number of aromatic nitrogens is 5. The molecule has 1 aliphatic rings. The number of halogens is 6. The van der Waals surface area contributed by atoms with Crippen molar-refractivity contribution >= 4 is 34.3 Å². The molecule has 2 N–H and O–H groups in total. The molecule has 238 valence electrons. The zero-order valence-electron chi connectivity index (χ0n) is 23.4. The van der Waals surface area contributed by atoms with Crippen LogP contribution in [0.3, 0.4) is 0 Å². The normalized spacial score (nSPS) is 14.5. The van der Waals surface area contributed by atoms with E-state index >= 15 is 0 Å². The van der Waals surface area contributed by atoms with E-state index in [1.165, 1.54) is 16.2 Å². The summed E-state index contributed by atoms with van der Waals surface area (Å²) in [6.07, 6.45) is -0.411. The van der Waals surface area contributed by atoms with Gasteiger partial charge in [0, 0.05) is 47.2 Å². The van der Waals surface area contributed by atoms with Gasteiger partial charge in [0.2, 0.25) is 0 Å². The van der Waals surface area contributed by atoms with Crippen molar-refractivity contribution in [2.24, 2.45) is 0 Å². The van der Waals surface area contributed by atoms with Crippen molar-refractivity contribution in [1.29, 1.82) is 0 Å². The molecule has 5 heterocycles. The molecular formula is C27H28F6N6O4S. The van der Waals surface area contributed by atoms with Crippen molar-refractivity contribution < 1.29 is 46.1 Å². The maximum Gasteiger partial charge on any atom is 0.490 e. The molecule has 1 fully saturated rings. The number of imidazole rings is 1. The number of carbonyl (C=O) groups is 2. The van der Waals surface area contributed by atoms with Gasteiger partial charge in [0.15, 0.2) is 0 Å². The second kappa shape index (κ2) is 14.6.